The van der Waals surface area contributed by atoms with E-state index in [-0.39, 0.29) is 23.3 Å². The summed E-state index contributed by atoms with van der Waals surface area (Å²) in [6.45, 7) is 11.0. The molecule has 3 unspecified atom stereocenters. The van der Waals surface area contributed by atoms with E-state index in [1.54, 1.807) is 4.90 Å². The number of carbonyl (C=O) groups excluding carboxylic acids is 2. The minimum atomic E-state index is -0.794. The highest BCUT2D eigenvalue weighted by Crippen LogP contribution is 2.32. The zero-order chi connectivity index (χ0) is 15.8. The first-order chi connectivity index (χ1) is 9.69. The van der Waals surface area contributed by atoms with Crippen LogP contribution in [0.25, 0.3) is 0 Å². The predicted molar refractivity (Wildman–Crippen MR) is 80.8 cm³/mol. The molecule has 2 saturated heterocycles. The first-order valence-corrected chi connectivity index (χ1v) is 7.94. The zero-order valence-corrected chi connectivity index (χ0v) is 13.9. The molecular weight excluding hydrogens is 268 g/mol. The molecule has 5 nitrogen and oxygen atoms in total. The van der Waals surface area contributed by atoms with Gasteiger partial charge in [-0.25, -0.2) is 0 Å². The Balaban J connectivity index is 2.30. The van der Waals surface area contributed by atoms with Gasteiger partial charge < -0.3 is 15.0 Å². The van der Waals surface area contributed by atoms with Crippen molar-refractivity contribution in [3.8, 4) is 0 Å². The van der Waals surface area contributed by atoms with Gasteiger partial charge in [-0.2, -0.15) is 0 Å². The molecule has 0 aromatic carbocycles. The number of hydrogen-bond donors (Lipinski definition) is 1. The highest BCUT2D eigenvalue weighted by Gasteiger charge is 2.51. The van der Waals surface area contributed by atoms with Gasteiger partial charge in [-0.3, -0.25) is 9.59 Å². The largest absolute Gasteiger partial charge is 0.376 e. The highest BCUT2D eigenvalue weighted by molar-refractivity contribution is 6.00. The molecule has 0 aliphatic carbocycles. The average molecular weight is 296 g/mol. The van der Waals surface area contributed by atoms with E-state index in [0.717, 1.165) is 19.4 Å². The molecule has 2 rings (SSSR count). The van der Waals surface area contributed by atoms with Crippen molar-refractivity contribution in [2.75, 3.05) is 13.2 Å². The van der Waals surface area contributed by atoms with Crippen molar-refractivity contribution in [2.24, 2.45) is 5.41 Å². The Kier molecular flexibility index (Phi) is 4.34. The molecule has 21 heavy (non-hydrogen) atoms. The second-order valence-corrected chi connectivity index (χ2v) is 7.54. The SMILES string of the molecule is CCC1(C)NC(=O)C(C(C)(C)C)N(CC2CCCO2)C1=O. The van der Waals surface area contributed by atoms with Gasteiger partial charge in [-0.15, -0.1) is 0 Å². The molecular formula is C16H28N2O3. The summed E-state index contributed by atoms with van der Waals surface area (Å²) in [6.07, 6.45) is 2.65. The van der Waals surface area contributed by atoms with Crippen LogP contribution in [0.15, 0.2) is 0 Å². The van der Waals surface area contributed by atoms with Gasteiger partial charge in [-0.1, -0.05) is 27.7 Å². The fourth-order valence-electron chi connectivity index (χ4n) is 3.27. The van der Waals surface area contributed by atoms with E-state index < -0.39 is 11.6 Å². The summed E-state index contributed by atoms with van der Waals surface area (Å²) in [4.78, 5) is 27.3. The monoisotopic (exact) mass is 296 g/mol. The normalized spacial score (nSPS) is 34.2. The third kappa shape index (κ3) is 3.07. The van der Waals surface area contributed by atoms with Crippen LogP contribution in [0.4, 0.5) is 0 Å². The minimum Gasteiger partial charge on any atom is -0.376 e. The van der Waals surface area contributed by atoms with Crippen molar-refractivity contribution < 1.29 is 14.3 Å². The number of amides is 2. The molecule has 0 saturated carbocycles. The molecule has 1 N–H and O–H groups in total. The van der Waals surface area contributed by atoms with Crippen LogP contribution in [0, 0.1) is 5.41 Å². The van der Waals surface area contributed by atoms with Gasteiger partial charge >= 0.3 is 0 Å². The maximum Gasteiger partial charge on any atom is 0.248 e. The summed E-state index contributed by atoms with van der Waals surface area (Å²) in [5.74, 6) is -0.0375. The number of ether oxygens (including phenoxy) is 1. The van der Waals surface area contributed by atoms with E-state index in [4.69, 9.17) is 4.74 Å². The van der Waals surface area contributed by atoms with E-state index in [2.05, 4.69) is 5.32 Å². The van der Waals surface area contributed by atoms with Crippen molar-refractivity contribution in [2.45, 2.75) is 71.6 Å². The van der Waals surface area contributed by atoms with Crippen molar-refractivity contribution >= 4 is 11.8 Å². The van der Waals surface area contributed by atoms with Gasteiger partial charge in [0.1, 0.15) is 11.6 Å². The first kappa shape index (κ1) is 16.3. The molecule has 2 aliphatic heterocycles. The maximum absolute atomic E-state index is 12.9. The van der Waals surface area contributed by atoms with Crippen molar-refractivity contribution in [1.82, 2.24) is 10.2 Å². The topological polar surface area (TPSA) is 58.6 Å². The Morgan fingerprint density at radius 2 is 2.05 bits per heavy atom. The summed E-state index contributed by atoms with van der Waals surface area (Å²) in [7, 11) is 0. The minimum absolute atomic E-state index is 0.0139. The number of carbonyl (C=O) groups is 2. The van der Waals surface area contributed by atoms with Gasteiger partial charge in [0.2, 0.25) is 11.8 Å². The van der Waals surface area contributed by atoms with Crippen LogP contribution in [0.5, 0.6) is 0 Å². The molecule has 0 radical (unpaired) electrons. The molecule has 0 bridgehead atoms. The molecule has 2 amide bonds. The van der Waals surface area contributed by atoms with Crippen molar-refractivity contribution in [3.63, 3.8) is 0 Å². The average Bonchev–Trinajstić information content (AvgIpc) is 2.86. The lowest BCUT2D eigenvalue weighted by atomic mass is 9.80. The Bertz CT molecular complexity index is 424. The summed E-state index contributed by atoms with van der Waals surface area (Å²) in [5.41, 5.74) is -1.09. The van der Waals surface area contributed by atoms with Crippen LogP contribution in [-0.4, -0.2) is 47.6 Å². The first-order valence-electron chi connectivity index (χ1n) is 7.94. The molecule has 120 valence electrons. The molecule has 2 aliphatic rings. The summed E-state index contributed by atoms with van der Waals surface area (Å²) >= 11 is 0. The maximum atomic E-state index is 12.9. The molecule has 0 aromatic heterocycles. The van der Waals surface area contributed by atoms with E-state index in [0.29, 0.717) is 13.0 Å². The predicted octanol–water partition coefficient (Wildman–Crippen LogP) is 1.71. The van der Waals surface area contributed by atoms with Gasteiger partial charge in [0, 0.05) is 13.2 Å². The van der Waals surface area contributed by atoms with Gasteiger partial charge in [0.15, 0.2) is 0 Å². The second-order valence-electron chi connectivity index (χ2n) is 7.54. The van der Waals surface area contributed by atoms with Crippen LogP contribution in [-0.2, 0) is 14.3 Å². The summed E-state index contributed by atoms with van der Waals surface area (Å²) in [6, 6.07) is -0.436. The molecule has 2 fully saturated rings. The Labute approximate surface area is 127 Å². The quantitative estimate of drug-likeness (QED) is 0.862. The van der Waals surface area contributed by atoms with Gasteiger partial charge in [0.05, 0.1) is 6.10 Å². The molecule has 2 heterocycles. The number of rotatable bonds is 3. The van der Waals surface area contributed by atoms with E-state index in [1.807, 2.05) is 34.6 Å². The molecule has 0 spiro atoms. The lowest BCUT2D eigenvalue weighted by Gasteiger charge is -2.49. The second kappa shape index (κ2) is 5.59. The Morgan fingerprint density at radius 3 is 2.52 bits per heavy atom. The van der Waals surface area contributed by atoms with E-state index >= 15 is 0 Å². The standard InChI is InChI=1S/C16H28N2O3/c1-6-16(5)14(20)18(10-11-8-7-9-21-11)12(13(19)17-16)15(2,3)4/h11-12H,6-10H2,1-5H3,(H,17,19). The third-order valence-electron chi connectivity index (χ3n) is 4.64. The lowest BCUT2D eigenvalue weighted by Crippen LogP contribution is -2.72. The summed E-state index contributed by atoms with van der Waals surface area (Å²) in [5, 5.41) is 2.93. The smallest absolute Gasteiger partial charge is 0.248 e. The van der Waals surface area contributed by atoms with Crippen LogP contribution in [0.3, 0.4) is 0 Å². The molecule has 3 atom stereocenters. The Morgan fingerprint density at radius 1 is 1.38 bits per heavy atom. The van der Waals surface area contributed by atoms with Gasteiger partial charge in [-0.05, 0) is 31.6 Å². The summed E-state index contributed by atoms with van der Waals surface area (Å²) < 4.78 is 5.68. The highest BCUT2D eigenvalue weighted by atomic mass is 16.5. The van der Waals surface area contributed by atoms with Crippen molar-refractivity contribution in [3.05, 3.63) is 0 Å². The van der Waals surface area contributed by atoms with Crippen LogP contribution in [0.1, 0.15) is 53.9 Å². The number of piperazine rings is 1. The van der Waals surface area contributed by atoms with Crippen LogP contribution >= 0.6 is 0 Å². The van der Waals surface area contributed by atoms with E-state index in [1.165, 1.54) is 0 Å². The Hall–Kier alpha value is -1.10. The fraction of sp³-hybridized carbons (Fsp3) is 0.875. The van der Waals surface area contributed by atoms with E-state index in [9.17, 15) is 9.59 Å². The lowest BCUT2D eigenvalue weighted by molar-refractivity contribution is -0.160. The van der Waals surface area contributed by atoms with Crippen LogP contribution < -0.4 is 5.32 Å². The molecule has 0 aromatic rings. The zero-order valence-electron chi connectivity index (χ0n) is 13.9. The molecule has 5 heteroatoms. The fourth-order valence-corrected chi connectivity index (χ4v) is 3.27. The van der Waals surface area contributed by atoms with Crippen LogP contribution in [0.2, 0.25) is 0 Å². The number of nitrogens with zero attached hydrogens (tertiary/aromatic N) is 1. The van der Waals surface area contributed by atoms with Crippen molar-refractivity contribution in [1.29, 1.82) is 0 Å². The van der Waals surface area contributed by atoms with Gasteiger partial charge in [0.25, 0.3) is 0 Å². The number of hydrogen-bond acceptors (Lipinski definition) is 3. The number of nitrogens with one attached hydrogen (secondary N) is 1. The third-order valence-corrected chi connectivity index (χ3v) is 4.64.